The minimum Gasteiger partial charge on any atom is -0.391 e. The zero-order chi connectivity index (χ0) is 14.8. The van der Waals surface area contributed by atoms with Crippen LogP contribution in [0.1, 0.15) is 16.2 Å². The van der Waals surface area contributed by atoms with E-state index < -0.39 is 29.2 Å². The fourth-order valence-corrected chi connectivity index (χ4v) is 4.06. The number of alkyl halides is 3. The molecule has 9 heteroatoms. The molecule has 0 atom stereocenters. The molecular weight excluding hydrogens is 303 g/mol. The summed E-state index contributed by atoms with van der Waals surface area (Å²) in [5.74, 6) is 0. The van der Waals surface area contributed by atoms with Gasteiger partial charge < -0.3 is 5.11 Å². The summed E-state index contributed by atoms with van der Waals surface area (Å²) < 4.78 is 61.1. The average molecular weight is 317 g/mol. The third kappa shape index (κ3) is 4.16. The lowest BCUT2D eigenvalue weighted by atomic mass is 10.4. The number of thiophene rings is 1. The van der Waals surface area contributed by atoms with E-state index in [2.05, 4.69) is 0 Å². The monoisotopic (exact) mass is 317 g/mol. The fourth-order valence-electron chi connectivity index (χ4n) is 1.43. The second kappa shape index (κ2) is 5.78. The molecule has 0 unspecified atom stereocenters. The Hall–Kier alpha value is -0.640. The van der Waals surface area contributed by atoms with Crippen molar-refractivity contribution in [1.29, 1.82) is 0 Å². The largest absolute Gasteiger partial charge is 0.391 e. The highest BCUT2D eigenvalue weighted by atomic mass is 32.2. The Morgan fingerprint density at radius 2 is 2.00 bits per heavy atom. The van der Waals surface area contributed by atoms with Crippen LogP contribution in [0.25, 0.3) is 0 Å². The number of rotatable bonds is 5. The topological polar surface area (TPSA) is 57.6 Å². The Bertz CT molecular complexity index is 537. The lowest BCUT2D eigenvalue weighted by Crippen LogP contribution is -2.30. The highest BCUT2D eigenvalue weighted by Crippen LogP contribution is 2.28. The molecule has 0 aliphatic heterocycles. The van der Waals surface area contributed by atoms with Gasteiger partial charge in [0, 0.05) is 23.3 Å². The maximum absolute atomic E-state index is 12.1. The molecule has 1 heterocycles. The zero-order valence-corrected chi connectivity index (χ0v) is 12.0. The van der Waals surface area contributed by atoms with Gasteiger partial charge in [-0.05, 0) is 13.0 Å². The lowest BCUT2D eigenvalue weighted by Gasteiger charge is -2.17. The van der Waals surface area contributed by atoms with Crippen LogP contribution in [0.15, 0.2) is 11.0 Å². The molecule has 0 aliphatic carbocycles. The summed E-state index contributed by atoms with van der Waals surface area (Å²) in [5.41, 5.74) is 0. The number of aliphatic hydroxyl groups excluding tert-OH is 1. The van der Waals surface area contributed by atoms with Crippen molar-refractivity contribution in [3.05, 3.63) is 15.8 Å². The predicted molar refractivity (Wildman–Crippen MR) is 65.5 cm³/mol. The van der Waals surface area contributed by atoms with Crippen LogP contribution in [0, 0.1) is 6.92 Å². The fraction of sp³-hybridized carbons (Fsp3) is 0.600. The summed E-state index contributed by atoms with van der Waals surface area (Å²) in [7, 11) is -2.84. The molecule has 110 valence electrons. The molecule has 0 bridgehead atoms. The van der Waals surface area contributed by atoms with Crippen molar-refractivity contribution >= 4 is 21.4 Å². The molecule has 0 aliphatic rings. The quantitative estimate of drug-likeness (QED) is 0.905. The minimum atomic E-state index is -4.40. The van der Waals surface area contributed by atoms with E-state index in [1.807, 2.05) is 0 Å². The number of aliphatic hydroxyl groups is 1. The van der Waals surface area contributed by atoms with E-state index in [-0.39, 0.29) is 11.5 Å². The summed E-state index contributed by atoms with van der Waals surface area (Å²) >= 11 is 1.10. The normalized spacial score (nSPS) is 13.2. The summed E-state index contributed by atoms with van der Waals surface area (Å²) in [6.07, 6.45) is -5.59. The number of hydrogen-bond acceptors (Lipinski definition) is 4. The third-order valence-corrected chi connectivity index (χ3v) is 5.62. The van der Waals surface area contributed by atoms with Gasteiger partial charge in [-0.1, -0.05) is 0 Å². The van der Waals surface area contributed by atoms with Crippen LogP contribution in [-0.4, -0.2) is 37.6 Å². The molecule has 0 spiro atoms. The van der Waals surface area contributed by atoms with Crippen molar-refractivity contribution in [2.45, 2.75) is 31.0 Å². The molecule has 4 nitrogen and oxygen atoms in total. The van der Waals surface area contributed by atoms with Gasteiger partial charge in [0.05, 0.1) is 17.9 Å². The maximum atomic E-state index is 12.1. The first-order chi connectivity index (χ1) is 8.58. The number of sulfonamides is 1. The van der Waals surface area contributed by atoms with E-state index in [9.17, 15) is 21.6 Å². The minimum absolute atomic E-state index is 0.0498. The van der Waals surface area contributed by atoms with Crippen molar-refractivity contribution < 1.29 is 26.7 Å². The number of nitrogens with zero attached hydrogens (tertiary/aromatic N) is 1. The van der Waals surface area contributed by atoms with Crippen molar-refractivity contribution in [2.24, 2.45) is 0 Å². The van der Waals surface area contributed by atoms with Crippen LogP contribution in [-0.2, 0) is 16.6 Å². The highest BCUT2D eigenvalue weighted by Gasteiger charge is 2.31. The molecule has 0 amide bonds. The molecule has 0 fully saturated rings. The number of hydrogen-bond donors (Lipinski definition) is 1. The van der Waals surface area contributed by atoms with Crippen molar-refractivity contribution in [3.63, 3.8) is 0 Å². The number of halogens is 3. The van der Waals surface area contributed by atoms with Gasteiger partial charge in [0.2, 0.25) is 10.0 Å². The summed E-state index contributed by atoms with van der Waals surface area (Å²) in [5, 5.41) is 8.94. The first kappa shape index (κ1) is 16.4. The summed E-state index contributed by atoms with van der Waals surface area (Å²) in [6.45, 7) is 0.622. The molecule has 1 aromatic rings. The van der Waals surface area contributed by atoms with E-state index in [1.54, 1.807) is 6.92 Å². The van der Waals surface area contributed by atoms with E-state index in [4.69, 9.17) is 5.11 Å². The van der Waals surface area contributed by atoms with Crippen molar-refractivity contribution in [2.75, 3.05) is 13.6 Å². The van der Waals surface area contributed by atoms with Gasteiger partial charge in [-0.15, -0.1) is 11.3 Å². The van der Waals surface area contributed by atoms with Gasteiger partial charge in [-0.25, -0.2) is 12.7 Å². The molecule has 0 saturated carbocycles. The van der Waals surface area contributed by atoms with Gasteiger partial charge in [-0.3, -0.25) is 0 Å². The van der Waals surface area contributed by atoms with Gasteiger partial charge in [0.25, 0.3) is 0 Å². The first-order valence-corrected chi connectivity index (χ1v) is 7.57. The van der Waals surface area contributed by atoms with Crippen LogP contribution in [0.4, 0.5) is 13.2 Å². The smallest absolute Gasteiger partial charge is 0.390 e. The molecule has 0 saturated heterocycles. The average Bonchev–Trinajstić information content (AvgIpc) is 2.67. The van der Waals surface area contributed by atoms with Crippen LogP contribution in [0.5, 0.6) is 0 Å². The summed E-state index contributed by atoms with van der Waals surface area (Å²) in [4.78, 5) is 0.856. The highest BCUT2D eigenvalue weighted by molar-refractivity contribution is 7.89. The SMILES string of the molecule is Cc1sc(CO)cc1S(=O)(=O)N(C)CCC(F)(F)F. The second-order valence-corrected chi connectivity index (χ2v) is 7.34. The van der Waals surface area contributed by atoms with Gasteiger partial charge in [0.1, 0.15) is 0 Å². The predicted octanol–water partition coefficient (Wildman–Crippen LogP) is 2.12. The lowest BCUT2D eigenvalue weighted by molar-refractivity contribution is -0.135. The molecule has 0 aromatic carbocycles. The summed E-state index contributed by atoms with van der Waals surface area (Å²) in [6, 6.07) is 1.29. The van der Waals surface area contributed by atoms with Crippen molar-refractivity contribution in [3.8, 4) is 0 Å². The molecule has 19 heavy (non-hydrogen) atoms. The zero-order valence-electron chi connectivity index (χ0n) is 10.4. The van der Waals surface area contributed by atoms with Crippen LogP contribution in [0.2, 0.25) is 0 Å². The molecule has 1 aromatic heterocycles. The molecule has 1 rings (SSSR count). The third-order valence-electron chi connectivity index (χ3n) is 2.48. The standard InChI is InChI=1S/C10H14F3NO3S2/c1-7-9(5-8(6-15)18-7)19(16,17)14(2)4-3-10(11,12)13/h5,15H,3-4,6H2,1-2H3. The van der Waals surface area contributed by atoms with Gasteiger partial charge >= 0.3 is 6.18 Å². The Labute approximate surface area is 113 Å². The molecule has 1 N–H and O–H groups in total. The van der Waals surface area contributed by atoms with Crippen LogP contribution < -0.4 is 0 Å². The van der Waals surface area contributed by atoms with E-state index in [0.717, 1.165) is 18.4 Å². The van der Waals surface area contributed by atoms with Crippen molar-refractivity contribution in [1.82, 2.24) is 4.31 Å². The molecular formula is C10H14F3NO3S2. The van der Waals surface area contributed by atoms with Crippen LogP contribution >= 0.6 is 11.3 Å². The second-order valence-electron chi connectivity index (χ2n) is 3.98. The number of aryl methyl sites for hydroxylation is 1. The Morgan fingerprint density at radius 1 is 1.42 bits per heavy atom. The van der Waals surface area contributed by atoms with E-state index >= 15 is 0 Å². The Kier molecular flexibility index (Phi) is 4.99. The first-order valence-electron chi connectivity index (χ1n) is 5.31. The van der Waals surface area contributed by atoms with Gasteiger partial charge in [0.15, 0.2) is 0 Å². The Balaban J connectivity index is 2.93. The Morgan fingerprint density at radius 3 is 2.42 bits per heavy atom. The van der Waals surface area contributed by atoms with Crippen LogP contribution in [0.3, 0.4) is 0 Å². The van der Waals surface area contributed by atoms with E-state index in [1.165, 1.54) is 6.07 Å². The molecule has 0 radical (unpaired) electrons. The van der Waals surface area contributed by atoms with E-state index in [0.29, 0.717) is 14.1 Å². The van der Waals surface area contributed by atoms with Gasteiger partial charge in [-0.2, -0.15) is 13.2 Å². The maximum Gasteiger partial charge on any atom is 0.390 e.